The smallest absolute Gasteiger partial charge is 0.105 e. The van der Waals surface area contributed by atoms with Gasteiger partial charge in [0, 0.05) is 11.9 Å². The van der Waals surface area contributed by atoms with Crippen LogP contribution in [0, 0.1) is 0 Å². The Morgan fingerprint density at radius 2 is 1.76 bits per heavy atom. The average molecular weight is 303 g/mol. The lowest BCUT2D eigenvalue weighted by Crippen LogP contribution is -2.18. The summed E-state index contributed by atoms with van der Waals surface area (Å²) in [6, 6.07) is 7.51. The number of hydrogen-bond donors (Lipinski definition) is 3. The Hall–Kier alpha value is -0.420. The molecule has 2 unspecified atom stereocenters. The largest absolute Gasteiger partial charge is 0.396 e. The summed E-state index contributed by atoms with van der Waals surface area (Å²) in [4.78, 5) is 0. The summed E-state index contributed by atoms with van der Waals surface area (Å²) in [5.74, 6) is 0. The second-order valence-corrected chi connectivity index (χ2v) is 4.85. The van der Waals surface area contributed by atoms with Gasteiger partial charge in [0.2, 0.25) is 0 Å². The van der Waals surface area contributed by atoms with E-state index in [-0.39, 0.29) is 6.61 Å². The summed E-state index contributed by atoms with van der Waals surface area (Å²) in [5.41, 5.74) is 1.86. The van der Waals surface area contributed by atoms with E-state index in [2.05, 4.69) is 15.9 Å². The molecule has 4 heteroatoms. The Bertz CT molecular complexity index is 313. The Morgan fingerprint density at radius 1 is 1.12 bits per heavy atom. The van der Waals surface area contributed by atoms with E-state index in [4.69, 9.17) is 5.11 Å². The van der Waals surface area contributed by atoms with Crippen molar-refractivity contribution in [3.8, 4) is 0 Å². The molecule has 3 nitrogen and oxygen atoms in total. The van der Waals surface area contributed by atoms with Gasteiger partial charge in [-0.1, -0.05) is 40.2 Å². The monoisotopic (exact) mass is 302 g/mol. The van der Waals surface area contributed by atoms with E-state index in [1.807, 2.05) is 24.3 Å². The van der Waals surface area contributed by atoms with Crippen LogP contribution in [0.25, 0.3) is 0 Å². The van der Waals surface area contributed by atoms with Crippen LogP contribution in [0.15, 0.2) is 24.3 Å². The Labute approximate surface area is 110 Å². The minimum absolute atomic E-state index is 0.189. The van der Waals surface area contributed by atoms with Crippen LogP contribution in [0.4, 0.5) is 0 Å². The van der Waals surface area contributed by atoms with Gasteiger partial charge in [0.25, 0.3) is 0 Å². The lowest BCUT2D eigenvalue weighted by molar-refractivity contribution is 0.0173. The molecule has 1 rings (SSSR count). The molecule has 3 N–H and O–H groups in total. The highest BCUT2D eigenvalue weighted by molar-refractivity contribution is 9.09. The molecule has 17 heavy (non-hydrogen) atoms. The van der Waals surface area contributed by atoms with Gasteiger partial charge in [-0.25, -0.2) is 0 Å². The van der Waals surface area contributed by atoms with Gasteiger partial charge in [-0.05, 0) is 30.4 Å². The minimum atomic E-state index is -0.834. The molecule has 1 aromatic carbocycles. The predicted octanol–water partition coefficient (Wildman–Crippen LogP) is 1.79. The minimum Gasteiger partial charge on any atom is -0.396 e. The molecule has 0 saturated carbocycles. The maximum Gasteiger partial charge on any atom is 0.105 e. The van der Waals surface area contributed by atoms with Crippen LogP contribution < -0.4 is 0 Å². The molecule has 0 aliphatic carbocycles. The summed E-state index contributed by atoms with van der Waals surface area (Å²) < 4.78 is 0. The summed E-state index contributed by atoms with van der Waals surface area (Å²) in [6.45, 7) is 0.189. The maximum atomic E-state index is 9.88. The van der Waals surface area contributed by atoms with Gasteiger partial charge in [0.05, 0.1) is 6.10 Å². The van der Waals surface area contributed by atoms with Crippen LogP contribution in [-0.2, 0) is 6.42 Å². The summed E-state index contributed by atoms with van der Waals surface area (Å²) in [7, 11) is 0. The second kappa shape index (κ2) is 7.82. The SMILES string of the molecule is OCCCc1ccc(C(O)C(O)CCBr)cc1. The Kier molecular flexibility index (Phi) is 6.73. The summed E-state index contributed by atoms with van der Waals surface area (Å²) >= 11 is 3.24. The fourth-order valence-corrected chi connectivity index (χ4v) is 2.13. The summed E-state index contributed by atoms with van der Waals surface area (Å²) in [6.07, 6.45) is 0.523. The van der Waals surface area contributed by atoms with E-state index < -0.39 is 12.2 Å². The normalized spacial score (nSPS) is 14.6. The van der Waals surface area contributed by atoms with Crippen molar-refractivity contribution in [3.05, 3.63) is 35.4 Å². The van der Waals surface area contributed by atoms with Crippen molar-refractivity contribution in [2.45, 2.75) is 31.5 Å². The van der Waals surface area contributed by atoms with Crippen molar-refractivity contribution >= 4 is 15.9 Å². The van der Waals surface area contributed by atoms with E-state index in [9.17, 15) is 10.2 Å². The van der Waals surface area contributed by atoms with Crippen LogP contribution in [0.3, 0.4) is 0 Å². The number of benzene rings is 1. The molecule has 0 radical (unpaired) electrons. The van der Waals surface area contributed by atoms with E-state index in [1.165, 1.54) is 0 Å². The molecule has 0 amide bonds. The molecule has 0 saturated heterocycles. The first-order chi connectivity index (χ1) is 8.19. The van der Waals surface area contributed by atoms with Crippen molar-refractivity contribution in [2.75, 3.05) is 11.9 Å². The highest BCUT2D eigenvalue weighted by Crippen LogP contribution is 2.20. The lowest BCUT2D eigenvalue weighted by atomic mass is 10.00. The van der Waals surface area contributed by atoms with E-state index >= 15 is 0 Å². The van der Waals surface area contributed by atoms with Gasteiger partial charge in [-0.3, -0.25) is 0 Å². The predicted molar refractivity (Wildman–Crippen MR) is 71.2 cm³/mol. The van der Waals surface area contributed by atoms with Crippen molar-refractivity contribution < 1.29 is 15.3 Å². The third-order valence-corrected chi connectivity index (χ3v) is 3.17. The molecular formula is C13H19BrO3. The molecule has 0 heterocycles. The Balaban J connectivity index is 2.60. The maximum absolute atomic E-state index is 9.88. The van der Waals surface area contributed by atoms with Gasteiger partial charge < -0.3 is 15.3 Å². The van der Waals surface area contributed by atoms with Crippen molar-refractivity contribution in [3.63, 3.8) is 0 Å². The topological polar surface area (TPSA) is 60.7 Å². The standard InChI is InChI=1S/C13H19BrO3/c14-8-7-12(16)13(17)11-5-3-10(4-6-11)2-1-9-15/h3-6,12-13,15-17H,1-2,7-9H2. The third-order valence-electron chi connectivity index (χ3n) is 2.71. The molecule has 0 aliphatic rings. The van der Waals surface area contributed by atoms with Crippen LogP contribution in [0.1, 0.15) is 30.1 Å². The third kappa shape index (κ3) is 4.76. The van der Waals surface area contributed by atoms with Crippen LogP contribution in [0.2, 0.25) is 0 Å². The van der Waals surface area contributed by atoms with Gasteiger partial charge >= 0.3 is 0 Å². The molecule has 0 aliphatic heterocycles. The number of alkyl halides is 1. The van der Waals surface area contributed by atoms with Crippen molar-refractivity contribution in [1.29, 1.82) is 0 Å². The van der Waals surface area contributed by atoms with E-state index in [1.54, 1.807) is 0 Å². The lowest BCUT2D eigenvalue weighted by Gasteiger charge is -2.17. The van der Waals surface area contributed by atoms with Crippen molar-refractivity contribution in [1.82, 2.24) is 0 Å². The second-order valence-electron chi connectivity index (χ2n) is 4.06. The van der Waals surface area contributed by atoms with Gasteiger partial charge in [-0.2, -0.15) is 0 Å². The zero-order valence-corrected chi connectivity index (χ0v) is 11.3. The van der Waals surface area contributed by atoms with Gasteiger partial charge in [-0.15, -0.1) is 0 Å². The zero-order chi connectivity index (χ0) is 12.7. The number of aryl methyl sites for hydroxylation is 1. The molecule has 0 aromatic heterocycles. The first-order valence-corrected chi connectivity index (χ1v) is 6.93. The van der Waals surface area contributed by atoms with Crippen LogP contribution in [0.5, 0.6) is 0 Å². The molecule has 1 aromatic rings. The highest BCUT2D eigenvalue weighted by Gasteiger charge is 2.17. The number of aliphatic hydroxyl groups excluding tert-OH is 3. The van der Waals surface area contributed by atoms with Crippen molar-refractivity contribution in [2.24, 2.45) is 0 Å². The van der Waals surface area contributed by atoms with Gasteiger partial charge in [0.1, 0.15) is 6.10 Å². The number of hydrogen-bond acceptors (Lipinski definition) is 3. The molecule has 0 fully saturated rings. The number of halogens is 1. The zero-order valence-electron chi connectivity index (χ0n) is 9.72. The average Bonchev–Trinajstić information content (AvgIpc) is 2.36. The molecule has 0 spiro atoms. The molecule has 2 atom stereocenters. The van der Waals surface area contributed by atoms with E-state index in [0.29, 0.717) is 11.8 Å². The van der Waals surface area contributed by atoms with Crippen LogP contribution >= 0.6 is 15.9 Å². The molecule has 96 valence electrons. The fraction of sp³-hybridized carbons (Fsp3) is 0.538. The van der Waals surface area contributed by atoms with Crippen LogP contribution in [-0.4, -0.2) is 33.4 Å². The Morgan fingerprint density at radius 3 is 2.29 bits per heavy atom. The van der Waals surface area contributed by atoms with E-state index in [0.717, 1.165) is 24.0 Å². The summed E-state index contributed by atoms with van der Waals surface area (Å²) in [5, 5.41) is 28.9. The fourth-order valence-electron chi connectivity index (χ4n) is 1.66. The first kappa shape index (κ1) is 14.6. The quantitative estimate of drug-likeness (QED) is 0.673. The number of aliphatic hydroxyl groups is 3. The molecular weight excluding hydrogens is 284 g/mol. The van der Waals surface area contributed by atoms with Gasteiger partial charge in [0.15, 0.2) is 0 Å². The number of rotatable bonds is 7. The highest BCUT2D eigenvalue weighted by atomic mass is 79.9. The first-order valence-electron chi connectivity index (χ1n) is 5.81. The molecule has 0 bridgehead atoms.